The van der Waals surface area contributed by atoms with Crippen LogP contribution in [0.1, 0.15) is 38.0 Å². The molecule has 0 saturated heterocycles. The third-order valence-electron chi connectivity index (χ3n) is 3.42. The Morgan fingerprint density at radius 2 is 1.77 bits per heavy atom. The molecular formula is C18H20BrFO2. The van der Waals surface area contributed by atoms with Crippen LogP contribution >= 0.6 is 15.9 Å². The SMILES string of the molecule is CC(C)(C)C(O)c1c(Br)ccc(OCc2ccccc2)c1F. The van der Waals surface area contributed by atoms with E-state index in [1.54, 1.807) is 12.1 Å². The molecule has 1 unspecified atom stereocenters. The number of benzene rings is 2. The lowest BCUT2D eigenvalue weighted by atomic mass is 9.84. The zero-order valence-electron chi connectivity index (χ0n) is 12.9. The van der Waals surface area contributed by atoms with Gasteiger partial charge in [0.05, 0.1) is 6.10 Å². The van der Waals surface area contributed by atoms with E-state index in [0.29, 0.717) is 4.47 Å². The summed E-state index contributed by atoms with van der Waals surface area (Å²) in [6, 6.07) is 12.8. The summed E-state index contributed by atoms with van der Waals surface area (Å²) in [6.45, 7) is 5.87. The fourth-order valence-electron chi connectivity index (χ4n) is 2.08. The van der Waals surface area contributed by atoms with Gasteiger partial charge in [-0.1, -0.05) is 67.0 Å². The maximum Gasteiger partial charge on any atom is 0.172 e. The average Bonchev–Trinajstić information content (AvgIpc) is 2.46. The zero-order valence-corrected chi connectivity index (χ0v) is 14.5. The van der Waals surface area contributed by atoms with Crippen molar-refractivity contribution in [1.29, 1.82) is 0 Å². The summed E-state index contributed by atoms with van der Waals surface area (Å²) in [6.07, 6.45) is -0.929. The molecule has 1 N–H and O–H groups in total. The predicted octanol–water partition coefficient (Wildman–Crippen LogP) is 5.25. The van der Waals surface area contributed by atoms with Crippen LogP contribution in [0.2, 0.25) is 0 Å². The van der Waals surface area contributed by atoms with Gasteiger partial charge in [0.2, 0.25) is 0 Å². The van der Waals surface area contributed by atoms with Crippen molar-refractivity contribution in [3.05, 3.63) is 63.9 Å². The number of hydrogen-bond donors (Lipinski definition) is 1. The first-order valence-electron chi connectivity index (χ1n) is 7.13. The first-order chi connectivity index (χ1) is 10.3. The largest absolute Gasteiger partial charge is 0.486 e. The summed E-state index contributed by atoms with van der Waals surface area (Å²) < 4.78 is 20.8. The topological polar surface area (TPSA) is 29.5 Å². The standard InChI is InChI=1S/C18H20BrFO2/c1-18(2,3)17(21)15-13(19)9-10-14(16(15)20)22-11-12-7-5-4-6-8-12/h4-10,17,21H,11H2,1-3H3. The van der Waals surface area contributed by atoms with Gasteiger partial charge in [0.1, 0.15) is 6.61 Å². The van der Waals surface area contributed by atoms with Crippen LogP contribution in [0.15, 0.2) is 46.9 Å². The highest BCUT2D eigenvalue weighted by Crippen LogP contribution is 2.40. The van der Waals surface area contributed by atoms with E-state index in [-0.39, 0.29) is 17.9 Å². The molecule has 1 atom stereocenters. The number of aliphatic hydroxyl groups is 1. The lowest BCUT2D eigenvalue weighted by Gasteiger charge is -2.27. The highest BCUT2D eigenvalue weighted by Gasteiger charge is 2.29. The van der Waals surface area contributed by atoms with Gasteiger partial charge in [0, 0.05) is 10.0 Å². The maximum absolute atomic E-state index is 14.7. The van der Waals surface area contributed by atoms with Crippen molar-refractivity contribution in [2.75, 3.05) is 0 Å². The molecule has 2 aromatic rings. The summed E-state index contributed by atoms with van der Waals surface area (Å²) in [4.78, 5) is 0. The van der Waals surface area contributed by atoms with Gasteiger partial charge in [0.15, 0.2) is 11.6 Å². The third kappa shape index (κ3) is 3.87. The minimum Gasteiger partial charge on any atom is -0.486 e. The van der Waals surface area contributed by atoms with E-state index in [9.17, 15) is 9.50 Å². The minimum atomic E-state index is -0.929. The molecule has 22 heavy (non-hydrogen) atoms. The molecule has 0 fully saturated rings. The zero-order chi connectivity index (χ0) is 16.3. The third-order valence-corrected chi connectivity index (χ3v) is 4.11. The van der Waals surface area contributed by atoms with E-state index < -0.39 is 17.3 Å². The normalized spacial score (nSPS) is 13.0. The second-order valence-electron chi connectivity index (χ2n) is 6.32. The van der Waals surface area contributed by atoms with E-state index in [4.69, 9.17) is 4.74 Å². The Hall–Kier alpha value is -1.39. The van der Waals surface area contributed by atoms with E-state index >= 15 is 0 Å². The molecule has 0 spiro atoms. The summed E-state index contributed by atoms with van der Waals surface area (Å²) in [7, 11) is 0. The maximum atomic E-state index is 14.7. The van der Waals surface area contributed by atoms with Crippen LogP contribution in [0, 0.1) is 11.2 Å². The van der Waals surface area contributed by atoms with E-state index in [1.165, 1.54) is 0 Å². The number of aliphatic hydroxyl groups excluding tert-OH is 1. The van der Waals surface area contributed by atoms with Gasteiger partial charge in [-0.2, -0.15) is 0 Å². The van der Waals surface area contributed by atoms with Gasteiger partial charge in [-0.25, -0.2) is 4.39 Å². The van der Waals surface area contributed by atoms with Crippen molar-refractivity contribution in [2.24, 2.45) is 5.41 Å². The van der Waals surface area contributed by atoms with Crippen LogP contribution in [0.5, 0.6) is 5.75 Å². The molecular weight excluding hydrogens is 347 g/mol. The lowest BCUT2D eigenvalue weighted by molar-refractivity contribution is 0.0582. The monoisotopic (exact) mass is 366 g/mol. The van der Waals surface area contributed by atoms with Gasteiger partial charge >= 0.3 is 0 Å². The van der Waals surface area contributed by atoms with E-state index in [2.05, 4.69) is 15.9 Å². The van der Waals surface area contributed by atoms with Crippen LogP contribution < -0.4 is 4.74 Å². The molecule has 2 nitrogen and oxygen atoms in total. The molecule has 4 heteroatoms. The Morgan fingerprint density at radius 1 is 1.14 bits per heavy atom. The summed E-state index contributed by atoms with van der Waals surface area (Å²) in [5.41, 5.74) is 0.724. The van der Waals surface area contributed by atoms with Gasteiger partial charge < -0.3 is 9.84 Å². The number of halogens is 2. The molecule has 0 amide bonds. The summed E-state index contributed by atoms with van der Waals surface area (Å²) in [5.74, 6) is -0.377. The van der Waals surface area contributed by atoms with Crippen LogP contribution in [-0.2, 0) is 6.61 Å². The highest BCUT2D eigenvalue weighted by atomic mass is 79.9. The van der Waals surface area contributed by atoms with Crippen molar-refractivity contribution < 1.29 is 14.2 Å². The molecule has 0 saturated carbocycles. The Kier molecular flexibility index (Phi) is 5.24. The number of ether oxygens (including phenoxy) is 1. The molecule has 0 aliphatic heterocycles. The second-order valence-corrected chi connectivity index (χ2v) is 7.17. The molecule has 2 rings (SSSR count). The van der Waals surface area contributed by atoms with Crippen LogP contribution in [0.25, 0.3) is 0 Å². The molecule has 2 aromatic carbocycles. The summed E-state index contributed by atoms with van der Waals surface area (Å²) >= 11 is 3.31. The van der Waals surface area contributed by atoms with Crippen molar-refractivity contribution >= 4 is 15.9 Å². The fraction of sp³-hybridized carbons (Fsp3) is 0.333. The van der Waals surface area contributed by atoms with Crippen LogP contribution in [-0.4, -0.2) is 5.11 Å². The number of rotatable bonds is 4. The van der Waals surface area contributed by atoms with Crippen molar-refractivity contribution in [3.8, 4) is 5.75 Å². The van der Waals surface area contributed by atoms with Crippen LogP contribution in [0.4, 0.5) is 4.39 Å². The van der Waals surface area contributed by atoms with Crippen molar-refractivity contribution in [2.45, 2.75) is 33.5 Å². The Balaban J connectivity index is 2.27. The first kappa shape index (κ1) is 17.0. The predicted molar refractivity (Wildman–Crippen MR) is 89.3 cm³/mol. The first-order valence-corrected chi connectivity index (χ1v) is 7.92. The number of hydrogen-bond acceptors (Lipinski definition) is 2. The molecule has 0 heterocycles. The highest BCUT2D eigenvalue weighted by molar-refractivity contribution is 9.10. The molecule has 0 aliphatic carbocycles. The summed E-state index contributed by atoms with van der Waals surface area (Å²) in [5, 5.41) is 10.4. The Labute approximate surface area is 139 Å². The Morgan fingerprint density at radius 3 is 2.36 bits per heavy atom. The average molecular weight is 367 g/mol. The fourth-order valence-corrected chi connectivity index (χ4v) is 2.60. The van der Waals surface area contributed by atoms with E-state index in [0.717, 1.165) is 5.56 Å². The van der Waals surface area contributed by atoms with Gasteiger partial charge in [-0.15, -0.1) is 0 Å². The van der Waals surface area contributed by atoms with Crippen molar-refractivity contribution in [1.82, 2.24) is 0 Å². The lowest BCUT2D eigenvalue weighted by Crippen LogP contribution is -2.20. The molecule has 118 valence electrons. The van der Waals surface area contributed by atoms with E-state index in [1.807, 2.05) is 51.1 Å². The van der Waals surface area contributed by atoms with Crippen LogP contribution in [0.3, 0.4) is 0 Å². The quantitative estimate of drug-likeness (QED) is 0.800. The smallest absolute Gasteiger partial charge is 0.172 e. The molecule has 0 radical (unpaired) electrons. The molecule has 0 aromatic heterocycles. The molecule has 0 bridgehead atoms. The Bertz CT molecular complexity index is 636. The van der Waals surface area contributed by atoms with Gasteiger partial charge in [0.25, 0.3) is 0 Å². The second kappa shape index (κ2) is 6.80. The minimum absolute atomic E-state index is 0.144. The van der Waals surface area contributed by atoms with Gasteiger partial charge in [-0.05, 0) is 23.1 Å². The molecule has 0 aliphatic rings. The van der Waals surface area contributed by atoms with Crippen molar-refractivity contribution in [3.63, 3.8) is 0 Å². The van der Waals surface area contributed by atoms with Gasteiger partial charge in [-0.3, -0.25) is 0 Å².